The van der Waals surface area contributed by atoms with Gasteiger partial charge in [-0.2, -0.15) is 21.6 Å². The van der Waals surface area contributed by atoms with Gasteiger partial charge in [-0.05, 0) is 59.9 Å². The van der Waals surface area contributed by atoms with Crippen LogP contribution >= 0.6 is 0 Å². The molecule has 3 aromatic rings. The molecule has 0 aliphatic heterocycles. The molecule has 0 bridgehead atoms. The van der Waals surface area contributed by atoms with Gasteiger partial charge in [0.1, 0.15) is 0 Å². The van der Waals surface area contributed by atoms with Gasteiger partial charge in [-0.15, -0.1) is 0 Å². The van der Waals surface area contributed by atoms with Crippen LogP contribution in [0.2, 0.25) is 0 Å². The average Bonchev–Trinajstić information content (AvgIpc) is 2.65. The summed E-state index contributed by atoms with van der Waals surface area (Å²) >= 11 is 0. The molecule has 0 heterocycles. The van der Waals surface area contributed by atoms with Crippen LogP contribution in [0.1, 0.15) is 23.6 Å². The van der Waals surface area contributed by atoms with Crippen LogP contribution in [0.5, 0.6) is 5.75 Å². The molecular formula is C22H21F3O4S. The average molecular weight is 438 g/mol. The highest BCUT2D eigenvalue weighted by molar-refractivity contribution is 7.88. The molecule has 0 unspecified atom stereocenters. The molecular weight excluding hydrogens is 417 g/mol. The Labute approximate surface area is 173 Å². The molecule has 8 heteroatoms. The second-order valence-corrected chi connectivity index (χ2v) is 8.43. The molecule has 0 radical (unpaired) electrons. The SMILES string of the molecule is CCOCc1ccc2ccccc2c1-c1c(C)cc(C)cc1OS(=O)(=O)C(F)(F)F. The zero-order valence-electron chi connectivity index (χ0n) is 16.7. The molecule has 0 amide bonds. The minimum absolute atomic E-state index is 0.218. The van der Waals surface area contributed by atoms with Crippen LogP contribution in [0, 0.1) is 13.8 Å². The van der Waals surface area contributed by atoms with Crippen LogP contribution in [-0.4, -0.2) is 20.5 Å². The van der Waals surface area contributed by atoms with Gasteiger partial charge in [-0.1, -0.05) is 42.5 Å². The number of hydrogen-bond donors (Lipinski definition) is 0. The normalized spacial score (nSPS) is 12.3. The Bertz CT molecular complexity index is 1180. The van der Waals surface area contributed by atoms with E-state index in [4.69, 9.17) is 4.74 Å². The minimum Gasteiger partial charge on any atom is -0.377 e. The van der Waals surface area contributed by atoms with Gasteiger partial charge in [0.05, 0.1) is 6.61 Å². The van der Waals surface area contributed by atoms with E-state index in [0.717, 1.165) is 16.3 Å². The van der Waals surface area contributed by atoms with Crippen molar-refractivity contribution in [3.63, 3.8) is 0 Å². The first-order chi connectivity index (χ1) is 14.0. The highest BCUT2D eigenvalue weighted by atomic mass is 32.2. The third kappa shape index (κ3) is 4.29. The van der Waals surface area contributed by atoms with E-state index in [0.29, 0.717) is 28.9 Å². The van der Waals surface area contributed by atoms with Crippen LogP contribution in [0.3, 0.4) is 0 Å². The van der Waals surface area contributed by atoms with E-state index in [9.17, 15) is 21.6 Å². The number of ether oxygens (including phenoxy) is 1. The van der Waals surface area contributed by atoms with Crippen LogP contribution < -0.4 is 4.18 Å². The number of aryl methyl sites for hydroxylation is 2. The highest BCUT2D eigenvalue weighted by Crippen LogP contribution is 2.42. The summed E-state index contributed by atoms with van der Waals surface area (Å²) in [7, 11) is -5.83. The molecule has 160 valence electrons. The summed E-state index contributed by atoms with van der Waals surface area (Å²) in [5.41, 5.74) is -2.76. The number of hydrogen-bond acceptors (Lipinski definition) is 4. The number of benzene rings is 3. The first-order valence-corrected chi connectivity index (χ1v) is 10.7. The van der Waals surface area contributed by atoms with E-state index >= 15 is 0 Å². The van der Waals surface area contributed by atoms with Crippen molar-refractivity contribution in [2.24, 2.45) is 0 Å². The van der Waals surface area contributed by atoms with Crippen molar-refractivity contribution in [3.05, 3.63) is 65.2 Å². The fraction of sp³-hybridized carbons (Fsp3) is 0.273. The van der Waals surface area contributed by atoms with Gasteiger partial charge >= 0.3 is 15.6 Å². The van der Waals surface area contributed by atoms with Gasteiger partial charge in [0.25, 0.3) is 0 Å². The number of halogens is 3. The molecule has 0 aromatic heterocycles. The zero-order chi connectivity index (χ0) is 22.1. The van der Waals surface area contributed by atoms with Crippen molar-refractivity contribution >= 4 is 20.9 Å². The lowest BCUT2D eigenvalue weighted by Crippen LogP contribution is -2.28. The van der Waals surface area contributed by atoms with E-state index in [1.54, 1.807) is 19.9 Å². The fourth-order valence-corrected chi connectivity index (χ4v) is 3.89. The summed E-state index contributed by atoms with van der Waals surface area (Å²) < 4.78 is 72.8. The van der Waals surface area contributed by atoms with Gasteiger partial charge in [0, 0.05) is 12.2 Å². The van der Waals surface area contributed by atoms with E-state index in [1.807, 2.05) is 43.3 Å². The van der Waals surface area contributed by atoms with Crippen molar-refractivity contribution in [1.29, 1.82) is 0 Å². The molecule has 0 N–H and O–H groups in total. The predicted molar refractivity (Wildman–Crippen MR) is 110 cm³/mol. The second-order valence-electron chi connectivity index (χ2n) is 6.90. The summed E-state index contributed by atoms with van der Waals surface area (Å²) in [5.74, 6) is -0.362. The Morgan fingerprint density at radius 1 is 0.967 bits per heavy atom. The van der Waals surface area contributed by atoms with Crippen molar-refractivity contribution < 1.29 is 30.5 Å². The summed E-state index contributed by atoms with van der Waals surface area (Å²) in [6, 6.07) is 14.2. The molecule has 3 rings (SSSR count). The predicted octanol–water partition coefficient (Wildman–Crippen LogP) is 5.89. The Morgan fingerprint density at radius 3 is 2.33 bits per heavy atom. The maximum atomic E-state index is 13.0. The van der Waals surface area contributed by atoms with Gasteiger partial charge in [0.15, 0.2) is 5.75 Å². The third-order valence-corrected chi connectivity index (χ3v) is 5.62. The van der Waals surface area contributed by atoms with E-state index < -0.39 is 15.6 Å². The van der Waals surface area contributed by atoms with E-state index in [-0.39, 0.29) is 12.4 Å². The molecule has 0 atom stereocenters. The Morgan fingerprint density at radius 2 is 1.67 bits per heavy atom. The Hall–Kier alpha value is -2.58. The van der Waals surface area contributed by atoms with Crippen molar-refractivity contribution in [2.45, 2.75) is 32.9 Å². The van der Waals surface area contributed by atoms with Gasteiger partial charge in [0.2, 0.25) is 0 Å². The molecule has 0 saturated carbocycles. The van der Waals surface area contributed by atoms with Gasteiger partial charge < -0.3 is 8.92 Å². The summed E-state index contributed by atoms with van der Waals surface area (Å²) in [6.45, 7) is 5.87. The Kier molecular flexibility index (Phi) is 6.10. The van der Waals surface area contributed by atoms with E-state index in [2.05, 4.69) is 4.18 Å². The zero-order valence-corrected chi connectivity index (χ0v) is 17.5. The van der Waals surface area contributed by atoms with Crippen molar-refractivity contribution in [3.8, 4) is 16.9 Å². The second kappa shape index (κ2) is 8.28. The third-order valence-electron chi connectivity index (χ3n) is 4.65. The van der Waals surface area contributed by atoms with E-state index in [1.165, 1.54) is 6.07 Å². The van der Waals surface area contributed by atoms with Gasteiger partial charge in [-0.3, -0.25) is 0 Å². The Balaban J connectivity index is 2.34. The maximum absolute atomic E-state index is 13.0. The minimum atomic E-state index is -5.83. The molecule has 0 spiro atoms. The summed E-state index contributed by atoms with van der Waals surface area (Å²) in [5, 5.41) is 1.62. The van der Waals surface area contributed by atoms with Crippen LogP contribution in [0.4, 0.5) is 13.2 Å². The quantitative estimate of drug-likeness (QED) is 0.356. The molecule has 0 aliphatic carbocycles. The topological polar surface area (TPSA) is 52.6 Å². The molecule has 3 aromatic carbocycles. The van der Waals surface area contributed by atoms with Crippen LogP contribution in [-0.2, 0) is 21.5 Å². The van der Waals surface area contributed by atoms with Crippen LogP contribution in [0.25, 0.3) is 21.9 Å². The lowest BCUT2D eigenvalue weighted by atomic mass is 9.89. The lowest BCUT2D eigenvalue weighted by molar-refractivity contribution is -0.0499. The largest absolute Gasteiger partial charge is 0.534 e. The summed E-state index contributed by atoms with van der Waals surface area (Å²) in [6.07, 6.45) is 0. The number of rotatable bonds is 6. The number of fused-ring (bicyclic) bond motifs is 1. The standard InChI is InChI=1S/C22H21F3O4S/c1-4-28-13-17-10-9-16-7-5-6-8-18(16)21(17)20-15(3)11-14(2)12-19(20)29-30(26,27)22(23,24)25/h5-12H,4,13H2,1-3H3. The monoisotopic (exact) mass is 438 g/mol. The maximum Gasteiger partial charge on any atom is 0.534 e. The highest BCUT2D eigenvalue weighted by Gasteiger charge is 2.49. The molecule has 0 fully saturated rings. The van der Waals surface area contributed by atoms with Crippen LogP contribution in [0.15, 0.2) is 48.5 Å². The molecule has 0 aliphatic rings. The molecule has 0 saturated heterocycles. The fourth-order valence-electron chi connectivity index (χ4n) is 3.42. The van der Waals surface area contributed by atoms with Crippen molar-refractivity contribution in [2.75, 3.05) is 6.61 Å². The summed E-state index contributed by atoms with van der Waals surface area (Å²) in [4.78, 5) is 0. The van der Waals surface area contributed by atoms with Gasteiger partial charge in [-0.25, -0.2) is 0 Å². The lowest BCUT2D eigenvalue weighted by Gasteiger charge is -2.20. The number of alkyl halides is 3. The van der Waals surface area contributed by atoms with Crippen molar-refractivity contribution in [1.82, 2.24) is 0 Å². The molecule has 30 heavy (non-hydrogen) atoms. The smallest absolute Gasteiger partial charge is 0.377 e. The first-order valence-electron chi connectivity index (χ1n) is 9.26. The first kappa shape index (κ1) is 22.1. The molecule has 4 nitrogen and oxygen atoms in total.